The Morgan fingerprint density at radius 2 is 2.06 bits per heavy atom. The Labute approximate surface area is 106 Å². The van der Waals surface area contributed by atoms with Crippen LogP contribution >= 0.6 is 11.6 Å². The topological polar surface area (TPSA) is 38.8 Å². The van der Waals surface area contributed by atoms with Gasteiger partial charge in [-0.05, 0) is 43.9 Å². The molecule has 0 aliphatic heterocycles. The zero-order valence-electron chi connectivity index (χ0n) is 10.2. The quantitative estimate of drug-likeness (QED) is 0.731. The van der Waals surface area contributed by atoms with Crippen LogP contribution in [0.3, 0.4) is 0 Å². The minimum atomic E-state index is -0.511. The lowest BCUT2D eigenvalue weighted by Gasteiger charge is -2.13. The van der Waals surface area contributed by atoms with Crippen molar-refractivity contribution in [3.63, 3.8) is 0 Å². The highest BCUT2D eigenvalue weighted by Gasteiger charge is 2.09. The number of ether oxygens (including phenoxy) is 2. The van der Waals surface area contributed by atoms with Crippen LogP contribution in [0.4, 0.5) is 0 Å². The van der Waals surface area contributed by atoms with Crippen molar-refractivity contribution in [2.75, 3.05) is 34.4 Å². The van der Waals surface area contributed by atoms with Crippen molar-refractivity contribution in [3.8, 4) is 11.5 Å². The fourth-order valence-corrected chi connectivity index (χ4v) is 1.36. The van der Waals surface area contributed by atoms with Crippen LogP contribution in [0.5, 0.6) is 11.5 Å². The second-order valence-corrected chi connectivity index (χ2v) is 4.13. The highest BCUT2D eigenvalue weighted by molar-refractivity contribution is 6.67. The first-order chi connectivity index (χ1) is 8.04. The van der Waals surface area contributed by atoms with Crippen LogP contribution in [0.15, 0.2) is 18.2 Å². The van der Waals surface area contributed by atoms with Gasteiger partial charge in [0, 0.05) is 12.1 Å². The molecule has 1 rings (SSSR count). The van der Waals surface area contributed by atoms with E-state index in [0.29, 0.717) is 23.7 Å². The Balaban J connectivity index is 2.75. The van der Waals surface area contributed by atoms with Crippen molar-refractivity contribution in [3.05, 3.63) is 23.8 Å². The summed E-state index contributed by atoms with van der Waals surface area (Å²) in [5, 5.41) is -0.511. The van der Waals surface area contributed by atoms with Gasteiger partial charge in [0.2, 0.25) is 0 Å². The maximum atomic E-state index is 11.0. The van der Waals surface area contributed by atoms with Gasteiger partial charge in [0.15, 0.2) is 11.5 Å². The van der Waals surface area contributed by atoms with E-state index in [1.165, 1.54) is 7.11 Å². The summed E-state index contributed by atoms with van der Waals surface area (Å²) in [6.07, 6.45) is 0. The molecule has 4 nitrogen and oxygen atoms in total. The summed E-state index contributed by atoms with van der Waals surface area (Å²) in [4.78, 5) is 13.0. The molecular formula is C12H16ClNO3. The average molecular weight is 258 g/mol. The molecule has 0 atom stereocenters. The molecule has 0 aromatic heterocycles. The second-order valence-electron chi connectivity index (χ2n) is 3.79. The van der Waals surface area contributed by atoms with Gasteiger partial charge in [-0.25, -0.2) is 0 Å². The van der Waals surface area contributed by atoms with Crippen molar-refractivity contribution in [2.24, 2.45) is 0 Å². The lowest BCUT2D eigenvalue weighted by molar-refractivity contribution is 0.108. The van der Waals surface area contributed by atoms with E-state index in [1.807, 2.05) is 19.0 Å². The summed E-state index contributed by atoms with van der Waals surface area (Å²) >= 11 is 5.39. The number of nitrogens with zero attached hydrogens (tertiary/aromatic N) is 1. The third kappa shape index (κ3) is 4.24. The number of hydrogen-bond acceptors (Lipinski definition) is 4. The van der Waals surface area contributed by atoms with Crippen molar-refractivity contribution in [1.29, 1.82) is 0 Å². The Bertz CT molecular complexity index is 393. The van der Waals surface area contributed by atoms with Crippen molar-refractivity contribution in [2.45, 2.75) is 0 Å². The third-order valence-electron chi connectivity index (χ3n) is 2.19. The summed E-state index contributed by atoms with van der Waals surface area (Å²) in [6, 6.07) is 4.87. The Morgan fingerprint density at radius 1 is 1.35 bits per heavy atom. The summed E-state index contributed by atoms with van der Waals surface area (Å²) in [7, 11) is 5.46. The van der Waals surface area contributed by atoms with Gasteiger partial charge in [-0.3, -0.25) is 4.79 Å². The van der Waals surface area contributed by atoms with Gasteiger partial charge in [0.1, 0.15) is 6.61 Å². The van der Waals surface area contributed by atoms with Gasteiger partial charge in [-0.2, -0.15) is 0 Å². The molecule has 1 aromatic rings. The number of benzene rings is 1. The van der Waals surface area contributed by atoms with Gasteiger partial charge >= 0.3 is 0 Å². The predicted molar refractivity (Wildman–Crippen MR) is 67.2 cm³/mol. The predicted octanol–water partition coefficient (Wildman–Crippen LogP) is 2.01. The first kappa shape index (κ1) is 13.8. The summed E-state index contributed by atoms with van der Waals surface area (Å²) < 4.78 is 10.7. The van der Waals surface area contributed by atoms with Crippen molar-refractivity contribution in [1.82, 2.24) is 4.90 Å². The van der Waals surface area contributed by atoms with Crippen LogP contribution in [0, 0.1) is 0 Å². The number of likely N-dealkylation sites (N-methyl/N-ethyl adjacent to an activating group) is 1. The zero-order valence-corrected chi connectivity index (χ0v) is 11.0. The molecule has 0 radical (unpaired) electrons. The summed E-state index contributed by atoms with van der Waals surface area (Å²) in [5.74, 6) is 1.12. The second kappa shape index (κ2) is 6.47. The summed E-state index contributed by atoms with van der Waals surface area (Å²) in [6.45, 7) is 1.36. The smallest absolute Gasteiger partial charge is 0.252 e. The molecule has 0 spiro atoms. The number of carbonyl (C=O) groups excluding carboxylic acids is 1. The molecule has 17 heavy (non-hydrogen) atoms. The molecule has 0 aliphatic rings. The lowest BCUT2D eigenvalue weighted by Crippen LogP contribution is -2.19. The van der Waals surface area contributed by atoms with E-state index in [4.69, 9.17) is 21.1 Å². The molecule has 5 heteroatoms. The number of rotatable bonds is 6. The van der Waals surface area contributed by atoms with E-state index in [-0.39, 0.29) is 0 Å². The van der Waals surface area contributed by atoms with E-state index in [2.05, 4.69) is 0 Å². The minimum absolute atomic E-state index is 0.392. The van der Waals surface area contributed by atoms with Crippen molar-refractivity contribution >= 4 is 16.8 Å². The lowest BCUT2D eigenvalue weighted by atomic mass is 10.2. The Morgan fingerprint density at radius 3 is 2.59 bits per heavy atom. The normalized spacial score (nSPS) is 10.4. The fourth-order valence-electron chi connectivity index (χ4n) is 1.25. The molecule has 0 saturated carbocycles. The van der Waals surface area contributed by atoms with Crippen LogP contribution < -0.4 is 9.47 Å². The third-order valence-corrected chi connectivity index (χ3v) is 2.40. The molecule has 1 aromatic carbocycles. The largest absolute Gasteiger partial charge is 0.493 e. The Kier molecular flexibility index (Phi) is 5.25. The highest BCUT2D eigenvalue weighted by Crippen LogP contribution is 2.28. The molecule has 94 valence electrons. The molecule has 0 unspecified atom stereocenters. The van der Waals surface area contributed by atoms with Gasteiger partial charge < -0.3 is 14.4 Å². The van der Waals surface area contributed by atoms with Crippen LogP contribution in [0.25, 0.3) is 0 Å². The maximum Gasteiger partial charge on any atom is 0.252 e. The number of methoxy groups -OCH3 is 1. The fraction of sp³-hybridized carbons (Fsp3) is 0.417. The van der Waals surface area contributed by atoms with E-state index >= 15 is 0 Å². The van der Waals surface area contributed by atoms with Crippen molar-refractivity contribution < 1.29 is 14.3 Å². The summed E-state index contributed by atoms with van der Waals surface area (Å²) in [5.41, 5.74) is 0.392. The number of hydrogen-bond donors (Lipinski definition) is 0. The van der Waals surface area contributed by atoms with E-state index < -0.39 is 5.24 Å². The van der Waals surface area contributed by atoms with Gasteiger partial charge in [-0.1, -0.05) is 0 Å². The monoisotopic (exact) mass is 257 g/mol. The molecular weight excluding hydrogens is 242 g/mol. The Hall–Kier alpha value is -1.26. The van der Waals surface area contributed by atoms with E-state index in [9.17, 15) is 4.79 Å². The maximum absolute atomic E-state index is 11.0. The van der Waals surface area contributed by atoms with Gasteiger partial charge in [0.25, 0.3) is 5.24 Å². The molecule has 0 heterocycles. The molecule has 0 N–H and O–H groups in total. The van der Waals surface area contributed by atoms with Crippen LogP contribution in [0.2, 0.25) is 0 Å². The average Bonchev–Trinajstić information content (AvgIpc) is 2.28. The van der Waals surface area contributed by atoms with E-state index in [0.717, 1.165) is 6.54 Å². The molecule has 0 fully saturated rings. The molecule has 0 amide bonds. The van der Waals surface area contributed by atoms with Gasteiger partial charge in [0.05, 0.1) is 7.11 Å². The molecule has 0 aliphatic carbocycles. The van der Waals surface area contributed by atoms with Crippen LogP contribution in [0.1, 0.15) is 10.4 Å². The van der Waals surface area contributed by atoms with E-state index in [1.54, 1.807) is 18.2 Å². The number of halogens is 1. The zero-order chi connectivity index (χ0) is 12.8. The van der Waals surface area contributed by atoms with Gasteiger partial charge in [-0.15, -0.1) is 0 Å². The highest BCUT2D eigenvalue weighted by atomic mass is 35.5. The molecule has 0 bridgehead atoms. The standard InChI is InChI=1S/C12H16ClNO3/c1-14(2)6-7-17-10-5-4-9(12(13)15)8-11(10)16-3/h4-5,8H,6-7H2,1-3H3. The molecule has 0 saturated heterocycles. The van der Waals surface area contributed by atoms with Crippen LogP contribution in [-0.4, -0.2) is 44.5 Å². The number of carbonyl (C=O) groups is 1. The van der Waals surface area contributed by atoms with Crippen LogP contribution in [-0.2, 0) is 0 Å². The first-order valence-corrected chi connectivity index (χ1v) is 5.57. The first-order valence-electron chi connectivity index (χ1n) is 5.20. The SMILES string of the molecule is COc1cc(C(=O)Cl)ccc1OCCN(C)C. The minimum Gasteiger partial charge on any atom is -0.493 e.